The lowest BCUT2D eigenvalue weighted by atomic mass is 10.0. The van der Waals surface area contributed by atoms with E-state index in [9.17, 15) is 0 Å². The highest BCUT2D eigenvalue weighted by Crippen LogP contribution is 2.24. The zero-order valence-corrected chi connectivity index (χ0v) is 9.40. The van der Waals surface area contributed by atoms with Gasteiger partial charge < -0.3 is 9.47 Å². The smallest absolute Gasteiger partial charge is 0.189 e. The molecule has 1 aliphatic carbocycles. The second-order valence-corrected chi connectivity index (χ2v) is 4.36. The van der Waals surface area contributed by atoms with E-state index in [0.717, 1.165) is 5.75 Å². The Morgan fingerprint density at radius 1 is 1.33 bits per heavy atom. The fourth-order valence-electron chi connectivity index (χ4n) is 1.40. The Morgan fingerprint density at radius 3 is 2.80 bits per heavy atom. The lowest BCUT2D eigenvalue weighted by Gasteiger charge is -2.09. The van der Waals surface area contributed by atoms with Gasteiger partial charge in [-0.1, -0.05) is 26.0 Å². The van der Waals surface area contributed by atoms with Gasteiger partial charge in [-0.25, -0.2) is 0 Å². The highest BCUT2D eigenvalue weighted by molar-refractivity contribution is 5.30. The molecule has 1 aromatic rings. The summed E-state index contributed by atoms with van der Waals surface area (Å²) in [4.78, 5) is 0. The maximum absolute atomic E-state index is 5.53. The first kappa shape index (κ1) is 10.5. The molecule has 15 heavy (non-hydrogen) atoms. The quantitative estimate of drug-likeness (QED) is 0.688. The Bertz CT molecular complexity index is 316. The number of hydrogen-bond acceptors (Lipinski definition) is 2. The van der Waals surface area contributed by atoms with Gasteiger partial charge in [0.05, 0.1) is 6.10 Å². The second-order valence-electron chi connectivity index (χ2n) is 4.36. The van der Waals surface area contributed by atoms with Crippen LogP contribution in [-0.4, -0.2) is 12.9 Å². The Labute approximate surface area is 91.2 Å². The summed E-state index contributed by atoms with van der Waals surface area (Å²) in [6.07, 6.45) is 2.84. The minimum Gasteiger partial charge on any atom is -0.468 e. The first-order valence-electron chi connectivity index (χ1n) is 5.60. The van der Waals surface area contributed by atoms with Crippen molar-refractivity contribution in [1.29, 1.82) is 0 Å². The molecule has 1 saturated carbocycles. The molecular formula is C13H18O2. The van der Waals surface area contributed by atoms with Crippen LogP contribution < -0.4 is 4.74 Å². The van der Waals surface area contributed by atoms with Crippen LogP contribution >= 0.6 is 0 Å². The van der Waals surface area contributed by atoms with E-state index in [1.165, 1.54) is 18.4 Å². The summed E-state index contributed by atoms with van der Waals surface area (Å²) < 4.78 is 11.0. The molecule has 82 valence electrons. The molecule has 0 spiro atoms. The minimum absolute atomic E-state index is 0.381. The summed E-state index contributed by atoms with van der Waals surface area (Å²) in [5.74, 6) is 1.44. The molecule has 0 N–H and O–H groups in total. The lowest BCUT2D eigenvalue weighted by molar-refractivity contribution is 0.00476. The predicted octanol–water partition coefficient (Wildman–Crippen LogP) is 3.33. The van der Waals surface area contributed by atoms with E-state index in [1.807, 2.05) is 12.1 Å². The summed E-state index contributed by atoms with van der Waals surface area (Å²) in [5, 5.41) is 0. The minimum atomic E-state index is 0.381. The third-order valence-corrected chi connectivity index (χ3v) is 2.58. The molecule has 0 radical (unpaired) electrons. The van der Waals surface area contributed by atoms with Gasteiger partial charge in [-0.3, -0.25) is 0 Å². The molecule has 1 fully saturated rings. The molecule has 2 heteroatoms. The maximum atomic E-state index is 5.53. The van der Waals surface area contributed by atoms with E-state index in [-0.39, 0.29) is 0 Å². The van der Waals surface area contributed by atoms with Gasteiger partial charge in [-0.15, -0.1) is 0 Å². The van der Waals surface area contributed by atoms with Gasteiger partial charge in [0, 0.05) is 0 Å². The molecule has 0 heterocycles. The van der Waals surface area contributed by atoms with Crippen LogP contribution in [0.25, 0.3) is 0 Å². The van der Waals surface area contributed by atoms with E-state index in [1.54, 1.807) is 0 Å². The summed E-state index contributed by atoms with van der Waals surface area (Å²) >= 11 is 0. The zero-order valence-electron chi connectivity index (χ0n) is 9.40. The third kappa shape index (κ3) is 3.24. The van der Waals surface area contributed by atoms with Crippen LogP contribution in [0.15, 0.2) is 24.3 Å². The molecule has 0 unspecified atom stereocenters. The predicted molar refractivity (Wildman–Crippen MR) is 60.1 cm³/mol. The summed E-state index contributed by atoms with van der Waals surface area (Å²) in [7, 11) is 0. The number of ether oxygens (including phenoxy) is 2. The van der Waals surface area contributed by atoms with Crippen LogP contribution in [0.1, 0.15) is 38.2 Å². The van der Waals surface area contributed by atoms with E-state index in [4.69, 9.17) is 9.47 Å². The number of benzene rings is 1. The first-order valence-corrected chi connectivity index (χ1v) is 5.60. The van der Waals surface area contributed by atoms with Gasteiger partial charge in [0.2, 0.25) is 0 Å². The van der Waals surface area contributed by atoms with E-state index >= 15 is 0 Å². The lowest BCUT2D eigenvalue weighted by Crippen LogP contribution is -2.04. The average molecular weight is 206 g/mol. The Hall–Kier alpha value is -1.02. The van der Waals surface area contributed by atoms with Crippen LogP contribution in [0.2, 0.25) is 0 Å². The molecule has 0 saturated heterocycles. The fourth-order valence-corrected chi connectivity index (χ4v) is 1.40. The molecule has 1 aromatic carbocycles. The normalized spacial score (nSPS) is 15.7. The topological polar surface area (TPSA) is 18.5 Å². The molecule has 0 aromatic heterocycles. The SMILES string of the molecule is CC(C)c1cccc(OCOC2CC2)c1. The van der Waals surface area contributed by atoms with Crippen LogP contribution in [0.3, 0.4) is 0 Å². The Morgan fingerprint density at radius 2 is 2.13 bits per heavy atom. The van der Waals surface area contributed by atoms with Gasteiger partial charge in [-0.05, 0) is 36.5 Å². The molecule has 1 aliphatic rings. The van der Waals surface area contributed by atoms with Gasteiger partial charge in [0.25, 0.3) is 0 Å². The molecular weight excluding hydrogens is 188 g/mol. The Kier molecular flexibility index (Phi) is 3.27. The van der Waals surface area contributed by atoms with Gasteiger partial charge in [-0.2, -0.15) is 0 Å². The van der Waals surface area contributed by atoms with E-state index in [0.29, 0.717) is 18.8 Å². The van der Waals surface area contributed by atoms with E-state index in [2.05, 4.69) is 26.0 Å². The van der Waals surface area contributed by atoms with Crippen molar-refractivity contribution in [3.63, 3.8) is 0 Å². The highest BCUT2D eigenvalue weighted by atomic mass is 16.7. The number of hydrogen-bond donors (Lipinski definition) is 0. The van der Waals surface area contributed by atoms with Gasteiger partial charge in [0.1, 0.15) is 5.75 Å². The standard InChI is InChI=1S/C13H18O2/c1-10(2)11-4-3-5-13(8-11)15-9-14-12-6-7-12/h3-5,8,10,12H,6-7,9H2,1-2H3. The van der Waals surface area contributed by atoms with Crippen LogP contribution in [0.5, 0.6) is 5.75 Å². The van der Waals surface area contributed by atoms with Crippen molar-refractivity contribution in [2.45, 2.75) is 38.7 Å². The molecule has 2 rings (SSSR count). The summed E-state index contributed by atoms with van der Waals surface area (Å²) in [6, 6.07) is 8.21. The van der Waals surface area contributed by atoms with Crippen molar-refractivity contribution in [1.82, 2.24) is 0 Å². The highest BCUT2D eigenvalue weighted by Gasteiger charge is 2.21. The van der Waals surface area contributed by atoms with Crippen LogP contribution in [-0.2, 0) is 4.74 Å². The summed E-state index contributed by atoms with van der Waals surface area (Å²) in [5.41, 5.74) is 1.30. The van der Waals surface area contributed by atoms with Crippen molar-refractivity contribution >= 4 is 0 Å². The molecule has 0 atom stereocenters. The second kappa shape index (κ2) is 4.67. The van der Waals surface area contributed by atoms with Crippen molar-refractivity contribution in [3.8, 4) is 5.75 Å². The third-order valence-electron chi connectivity index (χ3n) is 2.58. The maximum Gasteiger partial charge on any atom is 0.189 e. The molecule has 2 nitrogen and oxygen atoms in total. The number of rotatable bonds is 5. The Balaban J connectivity index is 1.86. The van der Waals surface area contributed by atoms with Crippen molar-refractivity contribution in [3.05, 3.63) is 29.8 Å². The van der Waals surface area contributed by atoms with Crippen LogP contribution in [0.4, 0.5) is 0 Å². The van der Waals surface area contributed by atoms with Gasteiger partial charge >= 0.3 is 0 Å². The first-order chi connectivity index (χ1) is 7.25. The molecule has 0 amide bonds. The summed E-state index contributed by atoms with van der Waals surface area (Å²) in [6.45, 7) is 4.74. The monoisotopic (exact) mass is 206 g/mol. The van der Waals surface area contributed by atoms with Gasteiger partial charge in [0.15, 0.2) is 6.79 Å². The molecule has 0 aliphatic heterocycles. The molecule has 0 bridgehead atoms. The van der Waals surface area contributed by atoms with E-state index < -0.39 is 0 Å². The fraction of sp³-hybridized carbons (Fsp3) is 0.538. The van der Waals surface area contributed by atoms with Crippen molar-refractivity contribution in [2.75, 3.05) is 6.79 Å². The average Bonchev–Trinajstić information content (AvgIpc) is 3.02. The van der Waals surface area contributed by atoms with Crippen molar-refractivity contribution < 1.29 is 9.47 Å². The van der Waals surface area contributed by atoms with Crippen LogP contribution in [0, 0.1) is 0 Å². The zero-order chi connectivity index (χ0) is 10.7. The largest absolute Gasteiger partial charge is 0.468 e. The van der Waals surface area contributed by atoms with Crippen molar-refractivity contribution in [2.24, 2.45) is 0 Å².